The van der Waals surface area contributed by atoms with Crippen LogP contribution in [0.5, 0.6) is 5.75 Å². The van der Waals surface area contributed by atoms with E-state index in [1.54, 1.807) is 6.07 Å². The Hall–Kier alpha value is -1.46. The van der Waals surface area contributed by atoms with Crippen LogP contribution >= 0.6 is 11.8 Å². The number of aryl methyl sites for hydroxylation is 1. The van der Waals surface area contributed by atoms with Gasteiger partial charge in [0.15, 0.2) is 11.4 Å². The molecule has 0 aromatic heterocycles. The number of hydrogen-bond acceptors (Lipinski definition) is 5. The van der Waals surface area contributed by atoms with Gasteiger partial charge in [-0.25, -0.2) is 4.99 Å². The highest BCUT2D eigenvalue weighted by Gasteiger charge is 2.27. The monoisotopic (exact) mass is 304 g/mol. The summed E-state index contributed by atoms with van der Waals surface area (Å²) in [4.78, 5) is 7.37. The Morgan fingerprint density at radius 1 is 1.29 bits per heavy atom. The smallest absolute Gasteiger partial charge is 0.180 e. The predicted octanol–water partition coefficient (Wildman–Crippen LogP) is 2.95. The van der Waals surface area contributed by atoms with E-state index in [2.05, 4.69) is 9.89 Å². The molecule has 1 aromatic rings. The number of amidine groups is 1. The molecule has 0 bridgehead atoms. The molecule has 0 aliphatic carbocycles. The molecule has 1 aromatic carbocycles. The van der Waals surface area contributed by atoms with Crippen LogP contribution in [-0.4, -0.2) is 39.6 Å². The van der Waals surface area contributed by atoms with Gasteiger partial charge < -0.3 is 15.1 Å². The predicted molar refractivity (Wildman–Crippen MR) is 87.3 cm³/mol. The summed E-state index contributed by atoms with van der Waals surface area (Å²) in [6.45, 7) is 4.01. The van der Waals surface area contributed by atoms with Crippen LogP contribution in [0.25, 0.3) is 6.08 Å². The fourth-order valence-electron chi connectivity index (χ4n) is 2.63. The van der Waals surface area contributed by atoms with Gasteiger partial charge >= 0.3 is 0 Å². The third-order valence-electron chi connectivity index (χ3n) is 3.80. The largest absolute Gasteiger partial charge is 0.507 e. The molecule has 21 heavy (non-hydrogen) atoms. The van der Waals surface area contributed by atoms with E-state index in [0.717, 1.165) is 34.3 Å². The zero-order valence-electron chi connectivity index (χ0n) is 12.1. The lowest BCUT2D eigenvalue weighted by atomic mass is 10.1. The number of rotatable bonds is 1. The summed E-state index contributed by atoms with van der Waals surface area (Å²) in [5.41, 5.74) is 1.81. The first-order valence-corrected chi connectivity index (χ1v) is 8.15. The molecule has 2 aliphatic rings. The Labute approximate surface area is 129 Å². The lowest BCUT2D eigenvalue weighted by Gasteiger charge is -2.27. The zero-order chi connectivity index (χ0) is 14.8. The van der Waals surface area contributed by atoms with Crippen LogP contribution in [0.3, 0.4) is 0 Å². The van der Waals surface area contributed by atoms with Crippen LogP contribution in [-0.2, 0) is 0 Å². The fourth-order valence-corrected chi connectivity index (χ4v) is 3.65. The second-order valence-electron chi connectivity index (χ2n) is 5.54. The van der Waals surface area contributed by atoms with Crippen molar-refractivity contribution in [1.82, 2.24) is 4.90 Å². The molecular weight excluding hydrogens is 284 g/mol. The molecule has 0 spiro atoms. The van der Waals surface area contributed by atoms with Crippen LogP contribution < -0.4 is 0 Å². The molecule has 4 nitrogen and oxygen atoms in total. The average Bonchev–Trinajstić information content (AvgIpc) is 2.85. The van der Waals surface area contributed by atoms with Gasteiger partial charge in [-0.1, -0.05) is 23.4 Å². The van der Waals surface area contributed by atoms with E-state index in [1.807, 2.05) is 25.1 Å². The van der Waals surface area contributed by atoms with E-state index in [4.69, 9.17) is 0 Å². The van der Waals surface area contributed by atoms with E-state index in [-0.39, 0.29) is 5.75 Å². The van der Waals surface area contributed by atoms with Gasteiger partial charge in [0, 0.05) is 23.6 Å². The van der Waals surface area contributed by atoms with Gasteiger partial charge in [0.1, 0.15) is 5.75 Å². The Bertz CT molecular complexity index is 592. The molecule has 2 aliphatic heterocycles. The van der Waals surface area contributed by atoms with Gasteiger partial charge in [-0.3, -0.25) is 0 Å². The molecule has 1 fully saturated rings. The minimum atomic E-state index is -0.813. The number of hydrogen-bond donors (Lipinski definition) is 2. The Morgan fingerprint density at radius 2 is 2.05 bits per heavy atom. The van der Waals surface area contributed by atoms with Crippen molar-refractivity contribution in [3.63, 3.8) is 0 Å². The van der Waals surface area contributed by atoms with Crippen LogP contribution in [0.2, 0.25) is 0 Å². The maximum absolute atomic E-state index is 10.1. The van der Waals surface area contributed by atoms with Gasteiger partial charge in [-0.2, -0.15) is 0 Å². The molecule has 112 valence electrons. The average molecular weight is 304 g/mol. The van der Waals surface area contributed by atoms with Crippen molar-refractivity contribution in [3.8, 4) is 5.75 Å². The molecule has 0 saturated carbocycles. The molecule has 1 saturated heterocycles. The molecule has 0 radical (unpaired) electrons. The van der Waals surface area contributed by atoms with Crippen molar-refractivity contribution in [2.75, 3.05) is 13.1 Å². The quantitative estimate of drug-likeness (QED) is 0.837. The van der Waals surface area contributed by atoms with Gasteiger partial charge in [-0.15, -0.1) is 0 Å². The lowest BCUT2D eigenvalue weighted by Crippen LogP contribution is -2.33. The number of phenolic OH excluding ortho intramolecular Hbond substituents is 1. The van der Waals surface area contributed by atoms with Gasteiger partial charge in [0.25, 0.3) is 0 Å². The molecule has 0 amide bonds. The summed E-state index contributed by atoms with van der Waals surface area (Å²) in [6.07, 6.45) is 4.67. The normalized spacial score (nSPS) is 24.5. The highest BCUT2D eigenvalue weighted by molar-refractivity contribution is 8.17. The number of aliphatic hydroxyl groups excluding tert-OH is 1. The van der Waals surface area contributed by atoms with Crippen LogP contribution in [0.4, 0.5) is 0 Å². The van der Waals surface area contributed by atoms with Gasteiger partial charge in [0.05, 0.1) is 0 Å². The van der Waals surface area contributed by atoms with Crippen LogP contribution in [0.15, 0.2) is 28.1 Å². The molecule has 1 unspecified atom stereocenters. The van der Waals surface area contributed by atoms with Crippen molar-refractivity contribution in [3.05, 3.63) is 34.2 Å². The van der Waals surface area contributed by atoms with E-state index >= 15 is 0 Å². The highest BCUT2D eigenvalue weighted by atomic mass is 32.2. The summed E-state index contributed by atoms with van der Waals surface area (Å²) >= 11 is 1.51. The van der Waals surface area contributed by atoms with Gasteiger partial charge in [0.2, 0.25) is 0 Å². The summed E-state index contributed by atoms with van der Waals surface area (Å²) < 4.78 is 0. The van der Waals surface area contributed by atoms with Crippen molar-refractivity contribution in [2.24, 2.45) is 4.99 Å². The standard InChI is InChI=1S/C16H20N2O2S/c1-11-5-6-13(19)12(9-11)10-14-15(20)17-16(21-14)18-7-3-2-4-8-18/h5-6,9-10,15,19-20H,2-4,7-8H2,1H3/b14-10-. The SMILES string of the molecule is Cc1ccc(O)c(/C=C2\SC(N3CCCCC3)=NC2O)c1. The number of likely N-dealkylation sites (tertiary alicyclic amines) is 1. The Balaban J connectivity index is 1.78. The number of benzene rings is 1. The van der Waals surface area contributed by atoms with Crippen molar-refractivity contribution < 1.29 is 10.2 Å². The Morgan fingerprint density at radius 3 is 2.81 bits per heavy atom. The van der Waals surface area contributed by atoms with E-state index in [0.29, 0.717) is 0 Å². The number of aliphatic imine (C=N–C) groups is 1. The number of piperidine rings is 1. The van der Waals surface area contributed by atoms with E-state index in [1.165, 1.54) is 31.0 Å². The first-order valence-electron chi connectivity index (χ1n) is 7.33. The minimum Gasteiger partial charge on any atom is -0.507 e. The second kappa shape index (κ2) is 6.12. The number of thioether (sulfide) groups is 1. The van der Waals surface area contributed by atoms with E-state index in [9.17, 15) is 10.2 Å². The Kier molecular flexibility index (Phi) is 4.22. The van der Waals surface area contributed by atoms with Crippen LogP contribution in [0.1, 0.15) is 30.4 Å². The maximum Gasteiger partial charge on any atom is 0.180 e. The maximum atomic E-state index is 10.1. The van der Waals surface area contributed by atoms with Crippen molar-refractivity contribution in [2.45, 2.75) is 32.4 Å². The van der Waals surface area contributed by atoms with Crippen molar-refractivity contribution >= 4 is 23.0 Å². The molecule has 2 N–H and O–H groups in total. The third-order valence-corrected chi connectivity index (χ3v) is 4.91. The molecule has 3 rings (SSSR count). The first kappa shape index (κ1) is 14.5. The topological polar surface area (TPSA) is 56.1 Å². The van der Waals surface area contributed by atoms with Crippen molar-refractivity contribution in [1.29, 1.82) is 0 Å². The van der Waals surface area contributed by atoms with E-state index < -0.39 is 6.23 Å². The molecule has 2 heterocycles. The van der Waals surface area contributed by atoms with Gasteiger partial charge in [-0.05, 0) is 44.4 Å². The zero-order valence-corrected chi connectivity index (χ0v) is 12.9. The number of nitrogens with zero attached hydrogens (tertiary/aromatic N) is 2. The summed E-state index contributed by atoms with van der Waals surface area (Å²) in [6, 6.07) is 5.46. The summed E-state index contributed by atoms with van der Waals surface area (Å²) in [5.74, 6) is 0.229. The second-order valence-corrected chi connectivity index (χ2v) is 6.58. The minimum absolute atomic E-state index is 0.229. The molecular formula is C16H20N2O2S. The van der Waals surface area contributed by atoms with Crippen LogP contribution in [0, 0.1) is 6.92 Å². The number of aliphatic hydroxyl groups is 1. The molecule has 5 heteroatoms. The fraction of sp³-hybridized carbons (Fsp3) is 0.438. The highest BCUT2D eigenvalue weighted by Crippen LogP contribution is 2.35. The lowest BCUT2D eigenvalue weighted by molar-refractivity contribution is 0.230. The third kappa shape index (κ3) is 3.24. The first-order chi connectivity index (χ1) is 10.1. The number of phenols is 1. The summed E-state index contributed by atoms with van der Waals surface area (Å²) in [5, 5.41) is 20.9. The molecule has 1 atom stereocenters. The summed E-state index contributed by atoms with van der Waals surface area (Å²) in [7, 11) is 0. The number of aromatic hydroxyl groups is 1.